The lowest BCUT2D eigenvalue weighted by molar-refractivity contribution is 0.403. The van der Waals surface area contributed by atoms with E-state index in [0.29, 0.717) is 21.9 Å². The Labute approximate surface area is 121 Å². The summed E-state index contributed by atoms with van der Waals surface area (Å²) < 4.78 is 32.7. The van der Waals surface area contributed by atoms with Crippen molar-refractivity contribution in [3.05, 3.63) is 64.2 Å². The first-order valence-corrected chi connectivity index (χ1v) is 6.40. The zero-order valence-corrected chi connectivity index (χ0v) is 11.8. The van der Waals surface area contributed by atoms with Crippen LogP contribution in [0.1, 0.15) is 17.2 Å². The SMILES string of the molecule is CNC(c1cc(Cl)ccc1F)c1cc(F)ccc1OC. The van der Waals surface area contributed by atoms with Crippen LogP contribution in [0.4, 0.5) is 8.78 Å². The van der Waals surface area contributed by atoms with Gasteiger partial charge in [0.25, 0.3) is 0 Å². The molecule has 2 nitrogen and oxygen atoms in total. The normalized spacial score (nSPS) is 12.2. The van der Waals surface area contributed by atoms with E-state index in [-0.39, 0.29) is 0 Å². The molecule has 20 heavy (non-hydrogen) atoms. The zero-order chi connectivity index (χ0) is 14.7. The molecule has 0 aliphatic heterocycles. The largest absolute Gasteiger partial charge is 0.496 e. The van der Waals surface area contributed by atoms with E-state index in [2.05, 4.69) is 5.32 Å². The van der Waals surface area contributed by atoms with E-state index in [0.717, 1.165) is 0 Å². The van der Waals surface area contributed by atoms with Gasteiger partial charge < -0.3 is 10.1 Å². The second kappa shape index (κ2) is 6.20. The standard InChI is InChI=1S/C15H14ClF2NO/c1-19-15(11-7-9(16)3-5-13(11)18)12-8-10(17)4-6-14(12)20-2/h3-8,15,19H,1-2H3. The van der Waals surface area contributed by atoms with Crippen LogP contribution in [0, 0.1) is 11.6 Å². The number of hydrogen-bond acceptors (Lipinski definition) is 2. The molecular formula is C15H14ClF2NO. The molecule has 0 aliphatic rings. The van der Waals surface area contributed by atoms with Crippen LogP contribution in [0.2, 0.25) is 5.02 Å². The minimum Gasteiger partial charge on any atom is -0.496 e. The first-order valence-electron chi connectivity index (χ1n) is 6.02. The monoisotopic (exact) mass is 297 g/mol. The third-order valence-corrected chi connectivity index (χ3v) is 3.30. The van der Waals surface area contributed by atoms with E-state index in [1.54, 1.807) is 7.05 Å². The van der Waals surface area contributed by atoms with Crippen molar-refractivity contribution in [2.45, 2.75) is 6.04 Å². The number of halogens is 3. The second-order valence-corrected chi connectivity index (χ2v) is 4.71. The number of nitrogens with one attached hydrogen (secondary N) is 1. The Bertz CT molecular complexity index is 619. The Morgan fingerprint density at radius 3 is 2.50 bits per heavy atom. The van der Waals surface area contributed by atoms with Gasteiger partial charge in [0.05, 0.1) is 13.2 Å². The van der Waals surface area contributed by atoms with Crippen LogP contribution in [0.3, 0.4) is 0 Å². The Morgan fingerprint density at radius 2 is 1.85 bits per heavy atom. The smallest absolute Gasteiger partial charge is 0.128 e. The predicted molar refractivity (Wildman–Crippen MR) is 75.3 cm³/mol. The zero-order valence-electron chi connectivity index (χ0n) is 11.1. The third-order valence-electron chi connectivity index (χ3n) is 3.06. The maximum absolute atomic E-state index is 14.0. The van der Waals surface area contributed by atoms with Gasteiger partial charge in [-0.1, -0.05) is 11.6 Å². The molecule has 0 saturated heterocycles. The minimum absolute atomic E-state index is 0.337. The predicted octanol–water partition coefficient (Wildman–Crippen LogP) is 3.94. The molecular weight excluding hydrogens is 284 g/mol. The molecule has 1 atom stereocenters. The number of methoxy groups -OCH3 is 1. The molecule has 5 heteroatoms. The summed E-state index contributed by atoms with van der Waals surface area (Å²) in [5, 5.41) is 3.37. The van der Waals surface area contributed by atoms with Gasteiger partial charge in [0.1, 0.15) is 17.4 Å². The maximum Gasteiger partial charge on any atom is 0.128 e. The molecule has 2 rings (SSSR count). The number of ether oxygens (including phenoxy) is 1. The van der Waals surface area contributed by atoms with Crippen LogP contribution < -0.4 is 10.1 Å². The van der Waals surface area contributed by atoms with E-state index in [1.807, 2.05) is 0 Å². The average Bonchev–Trinajstić information content (AvgIpc) is 2.44. The van der Waals surface area contributed by atoms with Gasteiger partial charge in [-0.05, 0) is 43.4 Å². The van der Waals surface area contributed by atoms with Crippen molar-refractivity contribution in [1.82, 2.24) is 5.32 Å². The Hall–Kier alpha value is -1.65. The van der Waals surface area contributed by atoms with Crippen molar-refractivity contribution in [1.29, 1.82) is 0 Å². The summed E-state index contributed by atoms with van der Waals surface area (Å²) >= 11 is 5.91. The highest BCUT2D eigenvalue weighted by Gasteiger charge is 2.20. The summed E-state index contributed by atoms with van der Waals surface area (Å²) in [7, 11) is 3.15. The lowest BCUT2D eigenvalue weighted by atomic mass is 9.97. The fraction of sp³-hybridized carbons (Fsp3) is 0.200. The molecule has 1 N–H and O–H groups in total. The molecule has 0 bridgehead atoms. The molecule has 1 unspecified atom stereocenters. The van der Waals surface area contributed by atoms with Crippen molar-refractivity contribution in [2.24, 2.45) is 0 Å². The number of rotatable bonds is 4. The van der Waals surface area contributed by atoms with Crippen LogP contribution in [0.25, 0.3) is 0 Å². The Morgan fingerprint density at radius 1 is 1.10 bits per heavy atom. The second-order valence-electron chi connectivity index (χ2n) is 4.27. The van der Waals surface area contributed by atoms with Crippen LogP contribution >= 0.6 is 11.6 Å². The van der Waals surface area contributed by atoms with Gasteiger partial charge >= 0.3 is 0 Å². The fourth-order valence-corrected chi connectivity index (χ4v) is 2.33. The lowest BCUT2D eigenvalue weighted by Gasteiger charge is -2.20. The van der Waals surface area contributed by atoms with Crippen molar-refractivity contribution in [3.8, 4) is 5.75 Å². The van der Waals surface area contributed by atoms with Gasteiger partial charge in [-0.2, -0.15) is 0 Å². The average molecular weight is 298 g/mol. The van der Waals surface area contributed by atoms with Crippen LogP contribution in [0.15, 0.2) is 36.4 Å². The summed E-state index contributed by atoms with van der Waals surface area (Å²) in [5.74, 6) is -0.353. The molecule has 0 spiro atoms. The molecule has 0 radical (unpaired) electrons. The van der Waals surface area contributed by atoms with Gasteiger partial charge in [0, 0.05) is 16.1 Å². The summed E-state index contributed by atoms with van der Waals surface area (Å²) in [6.45, 7) is 0. The van der Waals surface area contributed by atoms with Crippen molar-refractivity contribution < 1.29 is 13.5 Å². The molecule has 0 heterocycles. The maximum atomic E-state index is 14.0. The van der Waals surface area contributed by atoms with Gasteiger partial charge in [-0.25, -0.2) is 8.78 Å². The summed E-state index contributed by atoms with van der Waals surface area (Å²) in [5.41, 5.74) is 0.847. The highest BCUT2D eigenvalue weighted by Crippen LogP contribution is 2.32. The van der Waals surface area contributed by atoms with Crippen LogP contribution in [-0.2, 0) is 0 Å². The third kappa shape index (κ3) is 2.92. The fourth-order valence-electron chi connectivity index (χ4n) is 2.15. The molecule has 0 aromatic heterocycles. The number of hydrogen-bond donors (Lipinski definition) is 1. The molecule has 106 valence electrons. The lowest BCUT2D eigenvalue weighted by Crippen LogP contribution is -2.20. The first-order chi connectivity index (χ1) is 9.56. The van der Waals surface area contributed by atoms with E-state index in [9.17, 15) is 8.78 Å². The highest BCUT2D eigenvalue weighted by atomic mass is 35.5. The Kier molecular flexibility index (Phi) is 4.57. The Balaban J connectivity index is 2.57. The van der Waals surface area contributed by atoms with Gasteiger partial charge in [0.15, 0.2) is 0 Å². The van der Waals surface area contributed by atoms with E-state index < -0.39 is 17.7 Å². The molecule has 0 amide bonds. The van der Waals surface area contributed by atoms with Gasteiger partial charge in [-0.15, -0.1) is 0 Å². The van der Waals surface area contributed by atoms with E-state index >= 15 is 0 Å². The molecule has 0 saturated carbocycles. The summed E-state index contributed by atoms with van der Waals surface area (Å²) in [6, 6.07) is 7.84. The van der Waals surface area contributed by atoms with Crippen molar-refractivity contribution >= 4 is 11.6 Å². The number of benzene rings is 2. The molecule has 0 aliphatic carbocycles. The quantitative estimate of drug-likeness (QED) is 0.923. The van der Waals surface area contributed by atoms with Gasteiger partial charge in [0.2, 0.25) is 0 Å². The van der Waals surface area contributed by atoms with Crippen LogP contribution in [-0.4, -0.2) is 14.2 Å². The van der Waals surface area contributed by atoms with Crippen molar-refractivity contribution in [3.63, 3.8) is 0 Å². The minimum atomic E-state index is -0.556. The highest BCUT2D eigenvalue weighted by molar-refractivity contribution is 6.30. The van der Waals surface area contributed by atoms with Crippen LogP contribution in [0.5, 0.6) is 5.75 Å². The first kappa shape index (κ1) is 14.8. The van der Waals surface area contributed by atoms with E-state index in [1.165, 1.54) is 43.5 Å². The van der Waals surface area contributed by atoms with Crippen molar-refractivity contribution in [2.75, 3.05) is 14.2 Å². The molecule has 0 fully saturated rings. The van der Waals surface area contributed by atoms with E-state index in [4.69, 9.17) is 16.3 Å². The van der Waals surface area contributed by atoms with Gasteiger partial charge in [-0.3, -0.25) is 0 Å². The topological polar surface area (TPSA) is 21.3 Å². The summed E-state index contributed by atoms with van der Waals surface area (Å²) in [6.07, 6.45) is 0. The summed E-state index contributed by atoms with van der Waals surface area (Å²) in [4.78, 5) is 0. The molecule has 2 aromatic carbocycles. The molecule has 2 aromatic rings.